The van der Waals surface area contributed by atoms with Crippen molar-refractivity contribution in [3.8, 4) is 0 Å². The van der Waals surface area contributed by atoms with Crippen LogP contribution in [0.1, 0.15) is 33.7 Å². The Balaban J connectivity index is 1.83. The average molecular weight is 335 g/mol. The highest BCUT2D eigenvalue weighted by atomic mass is 35.5. The van der Waals surface area contributed by atoms with E-state index in [4.69, 9.17) is 11.6 Å². The van der Waals surface area contributed by atoms with E-state index in [2.05, 4.69) is 16.0 Å². The zero-order valence-corrected chi connectivity index (χ0v) is 14.1. The van der Waals surface area contributed by atoms with Crippen LogP contribution in [0.3, 0.4) is 0 Å². The van der Waals surface area contributed by atoms with Gasteiger partial charge in [0.2, 0.25) is 5.91 Å². The van der Waals surface area contributed by atoms with Crippen molar-refractivity contribution in [2.24, 2.45) is 7.05 Å². The molecule has 0 spiro atoms. The largest absolute Gasteiger partial charge is 0.273 e. The van der Waals surface area contributed by atoms with Gasteiger partial charge in [0.1, 0.15) is 0 Å². The van der Waals surface area contributed by atoms with Gasteiger partial charge in [-0.1, -0.05) is 11.6 Å². The maximum Gasteiger partial charge on any atom is 0.269 e. The van der Waals surface area contributed by atoms with E-state index in [1.54, 1.807) is 28.9 Å². The van der Waals surface area contributed by atoms with E-state index in [-0.39, 0.29) is 18.2 Å². The van der Waals surface area contributed by atoms with Gasteiger partial charge in [-0.05, 0) is 50.1 Å². The molecule has 2 rings (SSSR count). The molecule has 122 valence electrons. The molecule has 0 saturated heterocycles. The Morgan fingerprint density at radius 1 is 1.17 bits per heavy atom. The number of benzene rings is 1. The topological polar surface area (TPSA) is 76.0 Å². The lowest BCUT2D eigenvalue weighted by molar-refractivity contribution is -0.121. The average Bonchev–Trinajstić information content (AvgIpc) is 2.76. The van der Waals surface area contributed by atoms with E-state index in [9.17, 15) is 9.59 Å². The Kier molecular flexibility index (Phi) is 5.39. The number of hydrogen-bond acceptors (Lipinski definition) is 3. The van der Waals surface area contributed by atoms with Crippen LogP contribution in [-0.2, 0) is 18.3 Å². The molecule has 1 aromatic heterocycles. The maximum atomic E-state index is 11.9. The fourth-order valence-corrected chi connectivity index (χ4v) is 2.41. The molecule has 23 heavy (non-hydrogen) atoms. The number of aromatic nitrogens is 2. The van der Waals surface area contributed by atoms with Gasteiger partial charge in [0.05, 0.1) is 5.69 Å². The van der Waals surface area contributed by atoms with E-state index in [0.29, 0.717) is 17.0 Å². The van der Waals surface area contributed by atoms with Crippen molar-refractivity contribution < 1.29 is 9.59 Å². The summed E-state index contributed by atoms with van der Waals surface area (Å²) < 4.78 is 1.80. The summed E-state index contributed by atoms with van der Waals surface area (Å²) in [5, 5.41) is 4.86. The molecule has 0 fully saturated rings. The molecule has 1 heterocycles. The monoisotopic (exact) mass is 334 g/mol. The molecule has 0 aliphatic rings. The minimum Gasteiger partial charge on any atom is -0.273 e. The number of nitrogens with one attached hydrogen (secondary N) is 2. The van der Waals surface area contributed by atoms with Crippen molar-refractivity contribution in [2.75, 3.05) is 0 Å². The molecule has 0 aliphatic carbocycles. The first kappa shape index (κ1) is 17.0. The predicted octanol–water partition coefficient (Wildman–Crippen LogP) is 2.08. The van der Waals surface area contributed by atoms with Gasteiger partial charge in [0.25, 0.3) is 5.91 Å². The lowest BCUT2D eigenvalue weighted by atomic mass is 10.1. The smallest absolute Gasteiger partial charge is 0.269 e. The van der Waals surface area contributed by atoms with Crippen LogP contribution in [0.2, 0.25) is 5.02 Å². The molecule has 0 bridgehead atoms. The van der Waals surface area contributed by atoms with Crippen molar-refractivity contribution in [2.45, 2.75) is 26.7 Å². The van der Waals surface area contributed by atoms with Gasteiger partial charge < -0.3 is 0 Å². The Hall–Kier alpha value is -2.34. The predicted molar refractivity (Wildman–Crippen MR) is 88.1 cm³/mol. The first-order valence-corrected chi connectivity index (χ1v) is 7.60. The summed E-state index contributed by atoms with van der Waals surface area (Å²) in [6.45, 7) is 3.89. The van der Waals surface area contributed by atoms with Crippen LogP contribution in [0.4, 0.5) is 0 Å². The van der Waals surface area contributed by atoms with E-state index in [1.807, 2.05) is 20.9 Å². The highest BCUT2D eigenvalue weighted by Crippen LogP contribution is 2.13. The second-order valence-electron chi connectivity index (χ2n) is 5.28. The Bertz CT molecular complexity index is 722. The molecule has 1 aromatic carbocycles. The molecule has 0 aliphatic heterocycles. The maximum absolute atomic E-state index is 11.9. The number of amides is 2. The van der Waals surface area contributed by atoms with Crippen molar-refractivity contribution in [3.63, 3.8) is 0 Å². The van der Waals surface area contributed by atoms with E-state index in [1.165, 1.54) is 0 Å². The number of halogens is 1. The van der Waals surface area contributed by atoms with Crippen molar-refractivity contribution >= 4 is 23.4 Å². The van der Waals surface area contributed by atoms with Gasteiger partial charge in [-0.2, -0.15) is 5.10 Å². The van der Waals surface area contributed by atoms with Gasteiger partial charge >= 0.3 is 0 Å². The summed E-state index contributed by atoms with van der Waals surface area (Å²) in [7, 11) is 1.87. The third-order valence-electron chi connectivity index (χ3n) is 3.68. The van der Waals surface area contributed by atoms with Gasteiger partial charge in [-0.15, -0.1) is 0 Å². The number of rotatable bonds is 4. The molecular formula is C16H19ClN4O2. The summed E-state index contributed by atoms with van der Waals surface area (Å²) in [6, 6.07) is 6.41. The van der Waals surface area contributed by atoms with Crippen LogP contribution in [0, 0.1) is 13.8 Å². The van der Waals surface area contributed by atoms with Gasteiger partial charge in [0.15, 0.2) is 0 Å². The first-order valence-electron chi connectivity index (χ1n) is 7.22. The van der Waals surface area contributed by atoms with Crippen LogP contribution in [0.25, 0.3) is 0 Å². The summed E-state index contributed by atoms with van der Waals surface area (Å²) >= 11 is 5.76. The Morgan fingerprint density at radius 2 is 1.83 bits per heavy atom. The quantitative estimate of drug-likeness (QED) is 0.840. The highest BCUT2D eigenvalue weighted by molar-refractivity contribution is 6.30. The summed E-state index contributed by atoms with van der Waals surface area (Å²) in [4.78, 5) is 23.7. The van der Waals surface area contributed by atoms with Gasteiger partial charge in [0, 0.05) is 29.7 Å². The minimum atomic E-state index is -0.385. The van der Waals surface area contributed by atoms with Crippen LogP contribution in [-0.4, -0.2) is 21.6 Å². The fourth-order valence-electron chi connectivity index (χ4n) is 2.28. The summed E-state index contributed by atoms with van der Waals surface area (Å²) in [5.74, 6) is -0.640. The molecule has 7 heteroatoms. The SMILES string of the molecule is Cc1nn(C)c(C)c1CCC(=O)NNC(=O)c1ccc(Cl)cc1. The minimum absolute atomic E-state index is 0.255. The molecular weight excluding hydrogens is 316 g/mol. The number of nitrogens with zero attached hydrogens (tertiary/aromatic N) is 2. The number of hydrogen-bond donors (Lipinski definition) is 2. The zero-order chi connectivity index (χ0) is 17.0. The normalized spacial score (nSPS) is 10.4. The van der Waals surface area contributed by atoms with Crippen LogP contribution >= 0.6 is 11.6 Å². The molecule has 2 aromatic rings. The standard InChI is InChI=1S/C16H19ClN4O2/c1-10-14(11(2)21(3)20-10)8-9-15(22)18-19-16(23)12-4-6-13(17)7-5-12/h4-7H,8-9H2,1-3H3,(H,18,22)(H,19,23). The molecule has 0 radical (unpaired) electrons. The first-order chi connectivity index (χ1) is 10.9. The number of carbonyl (C=O) groups is 2. The third-order valence-corrected chi connectivity index (χ3v) is 3.93. The van der Waals surface area contributed by atoms with Crippen molar-refractivity contribution in [1.82, 2.24) is 20.6 Å². The van der Waals surface area contributed by atoms with Gasteiger partial charge in [-0.3, -0.25) is 25.1 Å². The fraction of sp³-hybridized carbons (Fsp3) is 0.312. The lowest BCUT2D eigenvalue weighted by Gasteiger charge is -2.08. The van der Waals surface area contributed by atoms with E-state index in [0.717, 1.165) is 17.0 Å². The van der Waals surface area contributed by atoms with E-state index >= 15 is 0 Å². The second kappa shape index (κ2) is 7.28. The molecule has 0 unspecified atom stereocenters. The summed E-state index contributed by atoms with van der Waals surface area (Å²) in [6.07, 6.45) is 0.850. The van der Waals surface area contributed by atoms with Crippen LogP contribution in [0.5, 0.6) is 0 Å². The number of carbonyl (C=O) groups excluding carboxylic acids is 2. The number of aryl methyl sites for hydroxylation is 2. The van der Waals surface area contributed by atoms with Crippen molar-refractivity contribution in [1.29, 1.82) is 0 Å². The summed E-state index contributed by atoms with van der Waals surface area (Å²) in [5.41, 5.74) is 8.25. The van der Waals surface area contributed by atoms with Gasteiger partial charge in [-0.25, -0.2) is 0 Å². The highest BCUT2D eigenvalue weighted by Gasteiger charge is 2.12. The molecule has 0 atom stereocenters. The third kappa shape index (κ3) is 4.32. The van der Waals surface area contributed by atoms with Crippen molar-refractivity contribution in [3.05, 3.63) is 51.8 Å². The number of hydrazine groups is 1. The Morgan fingerprint density at radius 3 is 2.39 bits per heavy atom. The lowest BCUT2D eigenvalue weighted by Crippen LogP contribution is -2.41. The molecule has 6 nitrogen and oxygen atoms in total. The molecule has 2 amide bonds. The zero-order valence-electron chi connectivity index (χ0n) is 13.3. The van der Waals surface area contributed by atoms with Crippen LogP contribution in [0.15, 0.2) is 24.3 Å². The van der Waals surface area contributed by atoms with E-state index < -0.39 is 0 Å². The Labute approximate surface area is 139 Å². The molecule has 0 saturated carbocycles. The molecule has 2 N–H and O–H groups in total. The second-order valence-corrected chi connectivity index (χ2v) is 5.72. The van der Waals surface area contributed by atoms with Crippen LogP contribution < -0.4 is 10.9 Å².